The molecule has 4 nitrogen and oxygen atoms in total. The molecule has 0 aliphatic heterocycles. The average Bonchev–Trinajstić information content (AvgIpc) is 2.84. The predicted octanol–water partition coefficient (Wildman–Crippen LogP) is 2.47. The van der Waals surface area contributed by atoms with Crippen molar-refractivity contribution in [3.63, 3.8) is 0 Å². The molecule has 0 unspecified atom stereocenters. The minimum Gasteiger partial charge on any atom is -0.406 e. The van der Waals surface area contributed by atoms with Crippen LogP contribution in [-0.4, -0.2) is 17.8 Å². The summed E-state index contributed by atoms with van der Waals surface area (Å²) in [7, 11) is 0. The van der Waals surface area contributed by atoms with Crippen molar-refractivity contribution in [3.8, 4) is 5.75 Å². The summed E-state index contributed by atoms with van der Waals surface area (Å²) in [5.41, 5.74) is 5.88. The SMILES string of the molecule is NC1(C(=O)NCc2ccc(OC(F)(F)F)cc2)CCCC1. The van der Waals surface area contributed by atoms with Gasteiger partial charge in [-0.15, -0.1) is 13.2 Å². The molecular weight excluding hydrogens is 285 g/mol. The monoisotopic (exact) mass is 302 g/mol. The molecule has 1 amide bonds. The van der Waals surface area contributed by atoms with E-state index in [0.29, 0.717) is 18.4 Å². The van der Waals surface area contributed by atoms with E-state index in [4.69, 9.17) is 5.73 Å². The van der Waals surface area contributed by atoms with Gasteiger partial charge in [0.1, 0.15) is 5.75 Å². The number of rotatable bonds is 4. The number of nitrogens with two attached hydrogens (primary N) is 1. The number of nitrogens with one attached hydrogen (secondary N) is 1. The summed E-state index contributed by atoms with van der Waals surface area (Å²) in [4.78, 5) is 12.0. The van der Waals surface area contributed by atoms with Crippen LogP contribution in [0.3, 0.4) is 0 Å². The second-order valence-electron chi connectivity index (χ2n) is 5.24. The fourth-order valence-electron chi connectivity index (χ4n) is 2.40. The molecule has 0 saturated heterocycles. The Morgan fingerprint density at radius 1 is 1.24 bits per heavy atom. The van der Waals surface area contributed by atoms with Crippen LogP contribution in [0.15, 0.2) is 24.3 Å². The molecule has 1 aliphatic carbocycles. The van der Waals surface area contributed by atoms with Crippen LogP contribution in [0.25, 0.3) is 0 Å². The number of ether oxygens (including phenoxy) is 1. The van der Waals surface area contributed by atoms with E-state index in [9.17, 15) is 18.0 Å². The highest BCUT2D eigenvalue weighted by atomic mass is 19.4. The van der Waals surface area contributed by atoms with Crippen LogP contribution >= 0.6 is 0 Å². The van der Waals surface area contributed by atoms with Crippen LogP contribution < -0.4 is 15.8 Å². The highest BCUT2D eigenvalue weighted by Crippen LogP contribution is 2.27. The smallest absolute Gasteiger partial charge is 0.406 e. The van der Waals surface area contributed by atoms with Crippen molar-refractivity contribution in [3.05, 3.63) is 29.8 Å². The van der Waals surface area contributed by atoms with Crippen LogP contribution in [0.5, 0.6) is 5.75 Å². The molecule has 0 atom stereocenters. The second-order valence-corrected chi connectivity index (χ2v) is 5.24. The van der Waals surface area contributed by atoms with E-state index in [-0.39, 0.29) is 18.2 Å². The molecule has 116 valence electrons. The lowest BCUT2D eigenvalue weighted by Crippen LogP contribution is -2.51. The zero-order valence-corrected chi connectivity index (χ0v) is 11.4. The first-order valence-corrected chi connectivity index (χ1v) is 6.70. The van der Waals surface area contributed by atoms with Gasteiger partial charge in [0.05, 0.1) is 5.54 Å². The van der Waals surface area contributed by atoms with E-state index in [1.54, 1.807) is 0 Å². The number of carbonyl (C=O) groups is 1. The van der Waals surface area contributed by atoms with Crippen LogP contribution in [0.2, 0.25) is 0 Å². The third kappa shape index (κ3) is 4.35. The molecule has 0 heterocycles. The third-order valence-electron chi connectivity index (χ3n) is 3.56. The second kappa shape index (κ2) is 5.93. The van der Waals surface area contributed by atoms with Gasteiger partial charge in [-0.1, -0.05) is 25.0 Å². The Labute approximate surface area is 120 Å². The van der Waals surface area contributed by atoms with Crippen molar-refractivity contribution in [1.82, 2.24) is 5.32 Å². The fourth-order valence-corrected chi connectivity index (χ4v) is 2.40. The van der Waals surface area contributed by atoms with Gasteiger partial charge in [0.15, 0.2) is 0 Å². The quantitative estimate of drug-likeness (QED) is 0.898. The summed E-state index contributed by atoms with van der Waals surface area (Å²) in [6.45, 7) is 0.226. The van der Waals surface area contributed by atoms with Gasteiger partial charge in [0.25, 0.3) is 0 Å². The lowest BCUT2D eigenvalue weighted by Gasteiger charge is -2.22. The molecule has 0 spiro atoms. The molecular formula is C14H17F3N2O2. The summed E-state index contributed by atoms with van der Waals surface area (Å²) in [5, 5.41) is 2.72. The Morgan fingerprint density at radius 2 is 1.81 bits per heavy atom. The third-order valence-corrected chi connectivity index (χ3v) is 3.56. The van der Waals surface area contributed by atoms with Gasteiger partial charge in [-0.05, 0) is 30.5 Å². The van der Waals surface area contributed by atoms with Gasteiger partial charge in [-0.25, -0.2) is 0 Å². The number of hydrogen-bond acceptors (Lipinski definition) is 3. The van der Waals surface area contributed by atoms with Gasteiger partial charge < -0.3 is 15.8 Å². The Bertz CT molecular complexity index is 494. The molecule has 21 heavy (non-hydrogen) atoms. The summed E-state index contributed by atoms with van der Waals surface area (Å²) < 4.78 is 39.8. The molecule has 0 aromatic heterocycles. The number of benzene rings is 1. The number of carbonyl (C=O) groups excluding carboxylic acids is 1. The Morgan fingerprint density at radius 3 is 2.33 bits per heavy atom. The van der Waals surface area contributed by atoms with E-state index in [2.05, 4.69) is 10.1 Å². The summed E-state index contributed by atoms with van der Waals surface area (Å²) in [6, 6.07) is 5.36. The highest BCUT2D eigenvalue weighted by Gasteiger charge is 2.36. The molecule has 0 bridgehead atoms. The molecule has 3 N–H and O–H groups in total. The lowest BCUT2D eigenvalue weighted by atomic mass is 9.98. The molecule has 2 rings (SSSR count). The lowest BCUT2D eigenvalue weighted by molar-refractivity contribution is -0.274. The fraction of sp³-hybridized carbons (Fsp3) is 0.500. The summed E-state index contributed by atoms with van der Waals surface area (Å²) in [5.74, 6) is -0.501. The van der Waals surface area contributed by atoms with E-state index in [1.807, 2.05) is 0 Å². The largest absolute Gasteiger partial charge is 0.573 e. The van der Waals surface area contributed by atoms with E-state index < -0.39 is 11.9 Å². The molecule has 7 heteroatoms. The van der Waals surface area contributed by atoms with Crippen molar-refractivity contribution in [2.45, 2.75) is 44.1 Å². The number of hydrogen-bond donors (Lipinski definition) is 2. The zero-order valence-electron chi connectivity index (χ0n) is 11.4. The van der Waals surface area contributed by atoms with Crippen molar-refractivity contribution in [1.29, 1.82) is 0 Å². The maximum atomic E-state index is 12.0. The first-order chi connectivity index (χ1) is 9.78. The van der Waals surface area contributed by atoms with Gasteiger partial charge in [0.2, 0.25) is 5.91 Å². The topological polar surface area (TPSA) is 64.4 Å². The first-order valence-electron chi connectivity index (χ1n) is 6.70. The number of amides is 1. The van der Waals surface area contributed by atoms with Crippen molar-refractivity contribution >= 4 is 5.91 Å². The highest BCUT2D eigenvalue weighted by molar-refractivity contribution is 5.86. The van der Waals surface area contributed by atoms with Crippen molar-refractivity contribution in [2.24, 2.45) is 5.73 Å². The summed E-state index contributed by atoms with van der Waals surface area (Å²) >= 11 is 0. The average molecular weight is 302 g/mol. The van der Waals surface area contributed by atoms with Gasteiger partial charge >= 0.3 is 6.36 Å². The van der Waals surface area contributed by atoms with E-state index >= 15 is 0 Å². The van der Waals surface area contributed by atoms with Crippen molar-refractivity contribution < 1.29 is 22.7 Å². The normalized spacial score (nSPS) is 17.5. The maximum absolute atomic E-state index is 12.0. The van der Waals surface area contributed by atoms with Crippen LogP contribution in [0, 0.1) is 0 Å². The molecule has 0 radical (unpaired) electrons. The minimum absolute atomic E-state index is 0.212. The van der Waals surface area contributed by atoms with Gasteiger partial charge in [-0.2, -0.15) is 0 Å². The molecule has 1 aliphatic rings. The van der Waals surface area contributed by atoms with Crippen molar-refractivity contribution in [2.75, 3.05) is 0 Å². The van der Waals surface area contributed by atoms with Gasteiger partial charge in [0, 0.05) is 6.54 Å². The first kappa shape index (κ1) is 15.6. The molecule has 1 fully saturated rings. The zero-order chi connectivity index (χ0) is 15.5. The Hall–Kier alpha value is -1.76. The summed E-state index contributed by atoms with van der Waals surface area (Å²) in [6.07, 6.45) is -1.50. The Kier molecular flexibility index (Phi) is 4.41. The van der Waals surface area contributed by atoms with Crippen LogP contribution in [-0.2, 0) is 11.3 Å². The molecule has 1 aromatic rings. The van der Waals surface area contributed by atoms with Gasteiger partial charge in [-0.3, -0.25) is 4.79 Å². The molecule has 1 saturated carbocycles. The maximum Gasteiger partial charge on any atom is 0.573 e. The van der Waals surface area contributed by atoms with Crippen LogP contribution in [0.4, 0.5) is 13.2 Å². The Balaban J connectivity index is 1.87. The van der Waals surface area contributed by atoms with E-state index in [0.717, 1.165) is 12.8 Å². The number of alkyl halides is 3. The number of halogens is 3. The minimum atomic E-state index is -4.70. The predicted molar refractivity (Wildman–Crippen MR) is 70.4 cm³/mol. The standard InChI is InChI=1S/C14H17F3N2O2/c15-14(16,17)21-11-5-3-10(4-6-11)9-19-12(20)13(18)7-1-2-8-13/h3-6H,1-2,7-9,18H2,(H,19,20). The van der Waals surface area contributed by atoms with Crippen LogP contribution in [0.1, 0.15) is 31.2 Å². The molecule has 1 aromatic carbocycles. The van der Waals surface area contributed by atoms with E-state index in [1.165, 1.54) is 24.3 Å².